The zero-order valence-corrected chi connectivity index (χ0v) is 11.3. The first kappa shape index (κ1) is 11.5. The van der Waals surface area contributed by atoms with E-state index in [1.807, 2.05) is 54.3 Å². The third kappa shape index (κ3) is 1.93. The number of hydrogen-bond donors (Lipinski definition) is 0. The number of para-hydroxylation sites is 2. The van der Waals surface area contributed by atoms with Gasteiger partial charge in [-0.1, -0.05) is 12.1 Å². The van der Waals surface area contributed by atoms with E-state index >= 15 is 0 Å². The predicted octanol–water partition coefficient (Wildman–Crippen LogP) is 3.61. The molecule has 0 aliphatic heterocycles. The Hall–Kier alpha value is -2.36. The Bertz CT molecular complexity index is 760. The lowest BCUT2D eigenvalue weighted by Gasteiger charge is -1.98. The number of benzene rings is 1. The summed E-state index contributed by atoms with van der Waals surface area (Å²) in [6, 6.07) is 7.80. The van der Waals surface area contributed by atoms with Gasteiger partial charge >= 0.3 is 0 Å². The lowest BCUT2D eigenvalue weighted by molar-refractivity contribution is 0.589. The molecule has 20 heavy (non-hydrogen) atoms. The maximum absolute atomic E-state index is 5.69. The molecule has 2 aromatic heterocycles. The molecule has 1 saturated carbocycles. The van der Waals surface area contributed by atoms with Crippen molar-refractivity contribution in [1.29, 1.82) is 0 Å². The third-order valence-corrected chi connectivity index (χ3v) is 3.73. The molecule has 1 aliphatic rings. The van der Waals surface area contributed by atoms with Crippen molar-refractivity contribution in [1.82, 2.24) is 14.8 Å². The molecule has 4 heteroatoms. The molecule has 100 valence electrons. The quantitative estimate of drug-likeness (QED) is 0.726. The monoisotopic (exact) mass is 265 g/mol. The Morgan fingerprint density at radius 2 is 2.10 bits per heavy atom. The van der Waals surface area contributed by atoms with Crippen molar-refractivity contribution in [2.24, 2.45) is 7.05 Å². The molecule has 1 aromatic carbocycles. The van der Waals surface area contributed by atoms with Crippen LogP contribution in [0.1, 0.15) is 35.9 Å². The van der Waals surface area contributed by atoms with Gasteiger partial charge < -0.3 is 4.42 Å². The van der Waals surface area contributed by atoms with Crippen LogP contribution in [-0.2, 0) is 7.05 Å². The molecule has 0 bridgehead atoms. The van der Waals surface area contributed by atoms with Crippen molar-refractivity contribution < 1.29 is 4.42 Å². The summed E-state index contributed by atoms with van der Waals surface area (Å²) in [6.45, 7) is 0. The van der Waals surface area contributed by atoms with Gasteiger partial charge in [-0.2, -0.15) is 5.10 Å². The molecular weight excluding hydrogens is 250 g/mol. The molecule has 0 radical (unpaired) electrons. The number of aryl methyl sites for hydroxylation is 1. The molecular formula is C16H15N3O. The zero-order chi connectivity index (χ0) is 13.5. The van der Waals surface area contributed by atoms with E-state index in [9.17, 15) is 0 Å². The van der Waals surface area contributed by atoms with Crippen LogP contribution in [0.5, 0.6) is 0 Å². The van der Waals surface area contributed by atoms with Crippen LogP contribution in [0.15, 0.2) is 34.9 Å². The van der Waals surface area contributed by atoms with Crippen molar-refractivity contribution in [3.8, 4) is 0 Å². The predicted molar refractivity (Wildman–Crippen MR) is 78.1 cm³/mol. The van der Waals surface area contributed by atoms with Gasteiger partial charge in [-0.3, -0.25) is 4.68 Å². The number of aromatic nitrogens is 3. The van der Waals surface area contributed by atoms with E-state index in [1.165, 1.54) is 18.4 Å². The second kappa shape index (κ2) is 4.34. The molecule has 0 N–H and O–H groups in total. The van der Waals surface area contributed by atoms with Crippen LogP contribution in [-0.4, -0.2) is 14.8 Å². The molecule has 2 heterocycles. The average molecular weight is 265 g/mol. The molecule has 0 atom stereocenters. The highest BCUT2D eigenvalue weighted by Gasteiger charge is 2.27. The zero-order valence-electron chi connectivity index (χ0n) is 11.3. The molecule has 4 rings (SSSR count). The second-order valence-electron chi connectivity index (χ2n) is 5.24. The van der Waals surface area contributed by atoms with Gasteiger partial charge in [0.05, 0.1) is 11.9 Å². The third-order valence-electron chi connectivity index (χ3n) is 3.73. The van der Waals surface area contributed by atoms with Crippen LogP contribution in [0.4, 0.5) is 0 Å². The van der Waals surface area contributed by atoms with Crippen LogP contribution in [0.2, 0.25) is 0 Å². The van der Waals surface area contributed by atoms with Gasteiger partial charge in [0, 0.05) is 18.7 Å². The number of nitrogens with zero attached hydrogens (tertiary/aromatic N) is 3. The highest BCUT2D eigenvalue weighted by molar-refractivity contribution is 5.76. The smallest absolute Gasteiger partial charge is 0.220 e. The van der Waals surface area contributed by atoms with Gasteiger partial charge in [-0.05, 0) is 37.0 Å². The number of fused-ring (bicyclic) bond motifs is 1. The first-order chi connectivity index (χ1) is 9.81. The van der Waals surface area contributed by atoms with E-state index < -0.39 is 0 Å². The van der Waals surface area contributed by atoms with Gasteiger partial charge in [0.1, 0.15) is 5.52 Å². The van der Waals surface area contributed by atoms with Crippen LogP contribution in [0.25, 0.3) is 23.3 Å². The SMILES string of the molecule is Cn1ncc(C2CC2)c1C=Cc1nc2ccccc2o1. The molecule has 0 unspecified atom stereocenters. The minimum absolute atomic E-state index is 0.633. The van der Waals surface area contributed by atoms with E-state index in [0.717, 1.165) is 16.8 Å². The highest BCUT2D eigenvalue weighted by Crippen LogP contribution is 2.41. The second-order valence-corrected chi connectivity index (χ2v) is 5.24. The van der Waals surface area contributed by atoms with Gasteiger partial charge in [-0.15, -0.1) is 0 Å². The van der Waals surface area contributed by atoms with Crippen molar-refractivity contribution in [2.45, 2.75) is 18.8 Å². The fraction of sp³-hybridized carbons (Fsp3) is 0.250. The summed E-state index contributed by atoms with van der Waals surface area (Å²) < 4.78 is 7.60. The van der Waals surface area contributed by atoms with Crippen LogP contribution in [0.3, 0.4) is 0 Å². The lowest BCUT2D eigenvalue weighted by Crippen LogP contribution is -1.94. The van der Waals surface area contributed by atoms with E-state index in [2.05, 4.69) is 10.1 Å². The van der Waals surface area contributed by atoms with Gasteiger partial charge in [-0.25, -0.2) is 4.98 Å². The number of hydrogen-bond acceptors (Lipinski definition) is 3. The first-order valence-corrected chi connectivity index (χ1v) is 6.87. The molecule has 1 fully saturated rings. The van der Waals surface area contributed by atoms with Crippen molar-refractivity contribution in [2.75, 3.05) is 0 Å². The van der Waals surface area contributed by atoms with Gasteiger partial charge in [0.15, 0.2) is 5.58 Å². The normalized spacial score (nSPS) is 15.4. The minimum atomic E-state index is 0.633. The minimum Gasteiger partial charge on any atom is -0.437 e. The Labute approximate surface area is 116 Å². The molecule has 4 nitrogen and oxygen atoms in total. The fourth-order valence-electron chi connectivity index (χ4n) is 2.49. The van der Waals surface area contributed by atoms with Crippen LogP contribution in [0, 0.1) is 0 Å². The Morgan fingerprint density at radius 3 is 2.90 bits per heavy atom. The maximum Gasteiger partial charge on any atom is 0.220 e. The summed E-state index contributed by atoms with van der Waals surface area (Å²) in [4.78, 5) is 4.45. The lowest BCUT2D eigenvalue weighted by atomic mass is 10.1. The molecule has 1 aliphatic carbocycles. The Morgan fingerprint density at radius 1 is 1.25 bits per heavy atom. The standard InChI is InChI=1S/C16H15N3O/c1-19-14(12(10-17-19)11-6-7-11)8-9-16-18-13-4-2-3-5-15(13)20-16/h2-5,8-11H,6-7H2,1H3. The van der Waals surface area contributed by atoms with Crippen LogP contribution < -0.4 is 0 Å². The first-order valence-electron chi connectivity index (χ1n) is 6.87. The fourth-order valence-corrected chi connectivity index (χ4v) is 2.49. The summed E-state index contributed by atoms with van der Waals surface area (Å²) >= 11 is 0. The summed E-state index contributed by atoms with van der Waals surface area (Å²) in [5.41, 5.74) is 4.19. The van der Waals surface area contributed by atoms with Gasteiger partial charge in [0.25, 0.3) is 0 Å². The van der Waals surface area contributed by atoms with Crippen molar-refractivity contribution >= 4 is 23.3 Å². The summed E-state index contributed by atoms with van der Waals surface area (Å²) in [7, 11) is 1.97. The van der Waals surface area contributed by atoms with E-state index in [0.29, 0.717) is 11.8 Å². The maximum atomic E-state index is 5.69. The number of rotatable bonds is 3. The van der Waals surface area contributed by atoms with Crippen molar-refractivity contribution in [3.05, 3.63) is 47.6 Å². The topological polar surface area (TPSA) is 43.9 Å². The van der Waals surface area contributed by atoms with E-state index in [-0.39, 0.29) is 0 Å². The Kier molecular flexibility index (Phi) is 2.49. The summed E-state index contributed by atoms with van der Waals surface area (Å²) in [5, 5.41) is 4.35. The van der Waals surface area contributed by atoms with E-state index in [1.54, 1.807) is 0 Å². The van der Waals surface area contributed by atoms with Crippen LogP contribution >= 0.6 is 0 Å². The highest BCUT2D eigenvalue weighted by atomic mass is 16.3. The number of oxazole rings is 1. The molecule has 0 saturated heterocycles. The molecule has 3 aromatic rings. The van der Waals surface area contributed by atoms with E-state index in [4.69, 9.17) is 4.42 Å². The molecule has 0 amide bonds. The largest absolute Gasteiger partial charge is 0.437 e. The summed E-state index contributed by atoms with van der Waals surface area (Å²) in [5.74, 6) is 1.32. The summed E-state index contributed by atoms with van der Waals surface area (Å²) in [6.07, 6.45) is 8.49. The average Bonchev–Trinajstić information content (AvgIpc) is 3.10. The van der Waals surface area contributed by atoms with Crippen molar-refractivity contribution in [3.63, 3.8) is 0 Å². The van der Waals surface area contributed by atoms with Gasteiger partial charge in [0.2, 0.25) is 5.89 Å². The molecule has 0 spiro atoms. The Balaban J connectivity index is 1.69.